The highest BCUT2D eigenvalue weighted by atomic mass is 35.5. The van der Waals surface area contributed by atoms with E-state index in [4.69, 9.17) is 11.6 Å². The van der Waals surface area contributed by atoms with Crippen LogP contribution in [0.4, 0.5) is 11.4 Å². The van der Waals surface area contributed by atoms with Crippen LogP contribution in [0.25, 0.3) is 0 Å². The first-order chi connectivity index (χ1) is 9.22. The van der Waals surface area contributed by atoms with E-state index in [9.17, 15) is 10.1 Å². The average Bonchev–Trinajstić information content (AvgIpc) is 2.45. The lowest BCUT2D eigenvalue weighted by atomic mass is 10.2. The highest BCUT2D eigenvalue weighted by Gasteiger charge is 2.22. The summed E-state index contributed by atoms with van der Waals surface area (Å²) in [4.78, 5) is 15.2. The highest BCUT2D eigenvalue weighted by molar-refractivity contribution is 6.17. The quantitative estimate of drug-likeness (QED) is 0.473. The summed E-state index contributed by atoms with van der Waals surface area (Å²) in [5.41, 5.74) is 0.918. The van der Waals surface area contributed by atoms with Crippen LogP contribution in [-0.4, -0.2) is 48.4 Å². The highest BCUT2D eigenvalue weighted by Crippen LogP contribution is 2.28. The van der Waals surface area contributed by atoms with Crippen LogP contribution in [0.3, 0.4) is 0 Å². The number of piperazine rings is 1. The van der Waals surface area contributed by atoms with Crippen LogP contribution in [0.1, 0.15) is 6.42 Å². The molecule has 6 heteroatoms. The zero-order valence-electron chi connectivity index (χ0n) is 10.8. The fourth-order valence-electron chi connectivity index (χ4n) is 2.38. The minimum absolute atomic E-state index is 0.191. The zero-order chi connectivity index (χ0) is 13.7. The molecule has 0 aliphatic carbocycles. The third-order valence-electron chi connectivity index (χ3n) is 3.40. The van der Waals surface area contributed by atoms with Crippen molar-refractivity contribution in [2.45, 2.75) is 6.42 Å². The molecule has 0 saturated carbocycles. The Balaban J connectivity index is 2.00. The number of nitrogens with zero attached hydrogens (tertiary/aromatic N) is 3. The molecule has 1 aliphatic heterocycles. The molecule has 19 heavy (non-hydrogen) atoms. The maximum Gasteiger partial charge on any atom is 0.292 e. The average molecular weight is 284 g/mol. The summed E-state index contributed by atoms with van der Waals surface area (Å²) in [6, 6.07) is 6.95. The van der Waals surface area contributed by atoms with Crippen LogP contribution < -0.4 is 4.90 Å². The molecule has 0 spiro atoms. The second kappa shape index (κ2) is 6.73. The van der Waals surface area contributed by atoms with Crippen LogP contribution >= 0.6 is 11.6 Å². The number of alkyl halides is 1. The van der Waals surface area contributed by atoms with Gasteiger partial charge in [-0.2, -0.15) is 0 Å². The second-order valence-electron chi connectivity index (χ2n) is 4.62. The molecule has 1 saturated heterocycles. The first-order valence-corrected chi connectivity index (χ1v) is 7.02. The fraction of sp³-hybridized carbons (Fsp3) is 0.538. The number of para-hydroxylation sites is 2. The van der Waals surface area contributed by atoms with Crippen molar-refractivity contribution in [2.24, 2.45) is 0 Å². The molecule has 0 bridgehead atoms. The van der Waals surface area contributed by atoms with Gasteiger partial charge >= 0.3 is 0 Å². The molecule has 0 unspecified atom stereocenters. The minimum Gasteiger partial charge on any atom is -0.363 e. The Hall–Kier alpha value is -1.33. The van der Waals surface area contributed by atoms with E-state index in [1.165, 1.54) is 0 Å². The molecule has 0 atom stereocenters. The van der Waals surface area contributed by atoms with Gasteiger partial charge in [0.25, 0.3) is 5.69 Å². The van der Waals surface area contributed by atoms with E-state index in [-0.39, 0.29) is 10.6 Å². The van der Waals surface area contributed by atoms with Crippen molar-refractivity contribution in [3.63, 3.8) is 0 Å². The van der Waals surface area contributed by atoms with E-state index in [1.54, 1.807) is 12.1 Å². The van der Waals surface area contributed by atoms with Crippen LogP contribution in [0.5, 0.6) is 0 Å². The molecule has 104 valence electrons. The maximum atomic E-state index is 11.0. The van der Waals surface area contributed by atoms with Crippen LogP contribution in [0, 0.1) is 10.1 Å². The number of anilines is 1. The summed E-state index contributed by atoms with van der Waals surface area (Å²) in [5.74, 6) is 0.685. The lowest BCUT2D eigenvalue weighted by Crippen LogP contribution is -2.46. The molecule has 0 amide bonds. The number of halogens is 1. The van der Waals surface area contributed by atoms with Crippen LogP contribution in [0.15, 0.2) is 24.3 Å². The number of benzene rings is 1. The van der Waals surface area contributed by atoms with Gasteiger partial charge in [-0.1, -0.05) is 12.1 Å². The second-order valence-corrected chi connectivity index (χ2v) is 5.00. The SMILES string of the molecule is O=[N+]([O-])c1ccccc1N1CCN(CCCCl)CC1. The molecular weight excluding hydrogens is 266 g/mol. The van der Waals surface area contributed by atoms with Gasteiger partial charge in [0.2, 0.25) is 0 Å². The molecule has 1 aliphatic rings. The Morgan fingerprint density at radius 2 is 1.89 bits per heavy atom. The standard InChI is InChI=1S/C13H18ClN3O2/c14-6-3-7-15-8-10-16(11-9-15)12-4-1-2-5-13(12)17(18)19/h1-2,4-5H,3,6-11H2. The molecule has 1 fully saturated rings. The van der Waals surface area contributed by atoms with Gasteiger partial charge in [-0.15, -0.1) is 11.6 Å². The molecule has 1 aromatic carbocycles. The fourth-order valence-corrected chi connectivity index (χ4v) is 2.50. The Labute approximate surface area is 117 Å². The van der Waals surface area contributed by atoms with Gasteiger partial charge in [0.1, 0.15) is 5.69 Å². The Kier molecular flexibility index (Phi) is 4.99. The summed E-state index contributed by atoms with van der Waals surface area (Å²) in [6.45, 7) is 4.53. The van der Waals surface area contributed by atoms with Crippen molar-refractivity contribution in [1.29, 1.82) is 0 Å². The topological polar surface area (TPSA) is 49.6 Å². The van der Waals surface area contributed by atoms with E-state index in [1.807, 2.05) is 12.1 Å². The van der Waals surface area contributed by atoms with Gasteiger partial charge in [0.05, 0.1) is 4.92 Å². The Bertz CT molecular complexity index is 434. The van der Waals surface area contributed by atoms with E-state index in [2.05, 4.69) is 9.80 Å². The van der Waals surface area contributed by atoms with Gasteiger partial charge in [-0.25, -0.2) is 0 Å². The molecule has 0 aromatic heterocycles. The summed E-state index contributed by atoms with van der Waals surface area (Å²) >= 11 is 5.69. The smallest absolute Gasteiger partial charge is 0.292 e. The lowest BCUT2D eigenvalue weighted by Gasteiger charge is -2.35. The molecule has 2 rings (SSSR count). The molecule has 0 N–H and O–H groups in total. The molecule has 1 aromatic rings. The third kappa shape index (κ3) is 3.58. The predicted molar refractivity (Wildman–Crippen MR) is 77.1 cm³/mol. The van der Waals surface area contributed by atoms with Crippen molar-refractivity contribution in [1.82, 2.24) is 4.90 Å². The van der Waals surface area contributed by atoms with E-state index < -0.39 is 0 Å². The van der Waals surface area contributed by atoms with Crippen molar-refractivity contribution in [3.8, 4) is 0 Å². The van der Waals surface area contributed by atoms with E-state index in [0.717, 1.165) is 44.8 Å². The summed E-state index contributed by atoms with van der Waals surface area (Å²) in [5, 5.41) is 11.0. The van der Waals surface area contributed by atoms with Crippen LogP contribution in [0.2, 0.25) is 0 Å². The summed E-state index contributed by atoms with van der Waals surface area (Å²) < 4.78 is 0. The predicted octanol–water partition coefficient (Wildman–Crippen LogP) is 2.35. The molecule has 1 heterocycles. The van der Waals surface area contributed by atoms with E-state index >= 15 is 0 Å². The maximum absolute atomic E-state index is 11.0. The minimum atomic E-state index is -0.310. The summed E-state index contributed by atoms with van der Waals surface area (Å²) in [7, 11) is 0. The first-order valence-electron chi connectivity index (χ1n) is 6.49. The van der Waals surface area contributed by atoms with Crippen molar-refractivity contribution in [3.05, 3.63) is 34.4 Å². The number of nitro groups is 1. The lowest BCUT2D eigenvalue weighted by molar-refractivity contribution is -0.384. The van der Waals surface area contributed by atoms with Crippen molar-refractivity contribution >= 4 is 23.0 Å². The normalized spacial score (nSPS) is 16.6. The van der Waals surface area contributed by atoms with Gasteiger partial charge in [0.15, 0.2) is 0 Å². The Morgan fingerprint density at radius 1 is 1.21 bits per heavy atom. The largest absolute Gasteiger partial charge is 0.363 e. The summed E-state index contributed by atoms with van der Waals surface area (Å²) in [6.07, 6.45) is 0.993. The van der Waals surface area contributed by atoms with Crippen molar-refractivity contribution < 1.29 is 4.92 Å². The monoisotopic (exact) mass is 283 g/mol. The van der Waals surface area contributed by atoms with E-state index in [0.29, 0.717) is 5.88 Å². The number of rotatable bonds is 5. The molecule has 5 nitrogen and oxygen atoms in total. The Morgan fingerprint density at radius 3 is 2.53 bits per heavy atom. The number of hydrogen-bond donors (Lipinski definition) is 0. The van der Waals surface area contributed by atoms with Gasteiger partial charge in [-0.05, 0) is 19.0 Å². The molecule has 0 radical (unpaired) electrons. The van der Waals surface area contributed by atoms with Gasteiger partial charge in [-0.3, -0.25) is 15.0 Å². The number of nitro benzene ring substituents is 1. The first kappa shape index (κ1) is 14.1. The van der Waals surface area contributed by atoms with Gasteiger partial charge < -0.3 is 4.90 Å². The third-order valence-corrected chi connectivity index (χ3v) is 3.67. The number of hydrogen-bond acceptors (Lipinski definition) is 4. The van der Waals surface area contributed by atoms with Crippen molar-refractivity contribution in [2.75, 3.05) is 43.5 Å². The molecular formula is C13H18ClN3O2. The van der Waals surface area contributed by atoms with Gasteiger partial charge in [0, 0.05) is 38.1 Å². The van der Waals surface area contributed by atoms with Crippen LogP contribution in [-0.2, 0) is 0 Å². The zero-order valence-corrected chi connectivity index (χ0v) is 11.6.